The van der Waals surface area contributed by atoms with Crippen molar-refractivity contribution in [2.45, 2.75) is 13.3 Å². The Balaban J connectivity index is 1.77. The molecule has 0 aliphatic carbocycles. The van der Waals surface area contributed by atoms with Crippen LogP contribution in [0.3, 0.4) is 0 Å². The van der Waals surface area contributed by atoms with E-state index in [1.165, 1.54) is 31.2 Å². The first-order valence-corrected chi connectivity index (χ1v) is 6.84. The number of rotatable bonds is 6. The minimum absolute atomic E-state index is 0.0226. The Hall–Kier alpha value is -2.69. The van der Waals surface area contributed by atoms with Crippen LogP contribution in [0.2, 0.25) is 0 Å². The number of nitrogens with one attached hydrogen (secondary N) is 1. The highest BCUT2D eigenvalue weighted by atomic mass is 19.1. The Kier molecular flexibility index (Phi) is 5.25. The maximum absolute atomic E-state index is 12.7. The van der Waals surface area contributed by atoms with Gasteiger partial charge < -0.3 is 10.1 Å². The molecule has 0 saturated heterocycles. The molecule has 0 unspecified atom stereocenters. The molecular formula is C17H16FNO3. The number of carbonyl (C=O) groups is 2. The third-order valence-corrected chi connectivity index (χ3v) is 2.99. The van der Waals surface area contributed by atoms with Crippen molar-refractivity contribution in [3.05, 3.63) is 59.9 Å². The highest BCUT2D eigenvalue weighted by Crippen LogP contribution is 2.12. The highest BCUT2D eigenvalue weighted by Gasteiger charge is 2.04. The maximum Gasteiger partial charge on any atom is 0.227 e. The molecule has 1 N–H and O–H groups in total. The van der Waals surface area contributed by atoms with E-state index < -0.39 is 0 Å². The molecule has 0 radical (unpaired) electrons. The average Bonchev–Trinajstić information content (AvgIpc) is 2.50. The van der Waals surface area contributed by atoms with E-state index in [0.717, 1.165) is 0 Å². The first kappa shape index (κ1) is 15.7. The van der Waals surface area contributed by atoms with Gasteiger partial charge in [-0.05, 0) is 55.5 Å². The second-order valence-electron chi connectivity index (χ2n) is 4.73. The average molecular weight is 301 g/mol. The van der Waals surface area contributed by atoms with Gasteiger partial charge >= 0.3 is 0 Å². The van der Waals surface area contributed by atoms with E-state index in [1.54, 1.807) is 24.3 Å². The molecule has 0 aromatic heterocycles. The van der Waals surface area contributed by atoms with E-state index in [4.69, 9.17) is 4.74 Å². The smallest absolute Gasteiger partial charge is 0.227 e. The molecule has 2 aromatic carbocycles. The van der Waals surface area contributed by atoms with E-state index in [1.807, 2.05) is 0 Å². The van der Waals surface area contributed by atoms with Crippen LogP contribution in [0.4, 0.5) is 10.1 Å². The van der Waals surface area contributed by atoms with Crippen LogP contribution in [0.25, 0.3) is 0 Å². The zero-order valence-electron chi connectivity index (χ0n) is 12.1. The first-order chi connectivity index (χ1) is 10.5. The predicted octanol–water partition coefficient (Wildman–Crippen LogP) is 3.44. The molecule has 0 atom stereocenters. The summed E-state index contributed by atoms with van der Waals surface area (Å²) in [6.07, 6.45) is 0.172. The van der Waals surface area contributed by atoms with E-state index in [9.17, 15) is 14.0 Å². The molecule has 2 aromatic rings. The summed E-state index contributed by atoms with van der Waals surface area (Å²) in [7, 11) is 0. The lowest BCUT2D eigenvalue weighted by Crippen LogP contribution is -2.15. The van der Waals surface area contributed by atoms with Crippen molar-refractivity contribution in [1.82, 2.24) is 0 Å². The lowest BCUT2D eigenvalue weighted by atomic mass is 10.1. The number of carbonyl (C=O) groups excluding carboxylic acids is 2. The number of halogens is 1. The summed E-state index contributed by atoms with van der Waals surface area (Å²) in [6, 6.07) is 12.3. The molecule has 22 heavy (non-hydrogen) atoms. The van der Waals surface area contributed by atoms with Crippen LogP contribution < -0.4 is 10.1 Å². The molecular weight excluding hydrogens is 285 g/mol. The normalized spacial score (nSPS) is 10.1. The topological polar surface area (TPSA) is 55.4 Å². The van der Waals surface area contributed by atoms with E-state index in [0.29, 0.717) is 17.0 Å². The molecule has 4 nitrogen and oxygen atoms in total. The van der Waals surface area contributed by atoms with Crippen LogP contribution in [-0.4, -0.2) is 18.3 Å². The van der Waals surface area contributed by atoms with E-state index in [-0.39, 0.29) is 30.5 Å². The van der Waals surface area contributed by atoms with Gasteiger partial charge in [-0.3, -0.25) is 9.59 Å². The number of amides is 1. The van der Waals surface area contributed by atoms with Crippen molar-refractivity contribution < 1.29 is 18.7 Å². The summed E-state index contributed by atoms with van der Waals surface area (Å²) in [5.41, 5.74) is 1.22. The van der Waals surface area contributed by atoms with Gasteiger partial charge in [-0.15, -0.1) is 0 Å². The molecule has 0 fully saturated rings. The molecule has 0 aliphatic heterocycles. The van der Waals surface area contributed by atoms with Crippen molar-refractivity contribution in [3.63, 3.8) is 0 Å². The van der Waals surface area contributed by atoms with Crippen LogP contribution in [0.1, 0.15) is 23.7 Å². The number of hydrogen-bond acceptors (Lipinski definition) is 3. The van der Waals surface area contributed by atoms with Gasteiger partial charge in [0.1, 0.15) is 11.6 Å². The molecule has 0 saturated carbocycles. The monoisotopic (exact) mass is 301 g/mol. The van der Waals surface area contributed by atoms with Crippen molar-refractivity contribution in [2.75, 3.05) is 11.9 Å². The van der Waals surface area contributed by atoms with E-state index >= 15 is 0 Å². The maximum atomic E-state index is 12.7. The highest BCUT2D eigenvalue weighted by molar-refractivity contribution is 5.95. The Bertz CT molecular complexity index is 651. The number of benzene rings is 2. The zero-order chi connectivity index (χ0) is 15.9. The van der Waals surface area contributed by atoms with Crippen molar-refractivity contribution in [1.29, 1.82) is 0 Å². The fourth-order valence-corrected chi connectivity index (χ4v) is 1.80. The SMILES string of the molecule is CC(=O)c1ccc(NC(=O)CCOc2ccc(F)cc2)cc1. The van der Waals surface area contributed by atoms with Gasteiger partial charge in [-0.1, -0.05) is 0 Å². The van der Waals surface area contributed by atoms with Gasteiger partial charge in [-0.25, -0.2) is 4.39 Å². The van der Waals surface area contributed by atoms with Crippen molar-refractivity contribution in [2.24, 2.45) is 0 Å². The summed E-state index contributed by atoms with van der Waals surface area (Å²) in [5, 5.41) is 2.71. The third kappa shape index (κ3) is 4.70. The Morgan fingerprint density at radius 2 is 1.68 bits per heavy atom. The standard InChI is InChI=1S/C17H16FNO3/c1-12(20)13-2-6-15(7-3-13)19-17(21)10-11-22-16-8-4-14(18)5-9-16/h2-9H,10-11H2,1H3,(H,19,21). The fraction of sp³-hybridized carbons (Fsp3) is 0.176. The lowest BCUT2D eigenvalue weighted by Gasteiger charge is -2.07. The van der Waals surface area contributed by atoms with Gasteiger partial charge in [-0.2, -0.15) is 0 Å². The van der Waals surface area contributed by atoms with E-state index in [2.05, 4.69) is 5.32 Å². The van der Waals surface area contributed by atoms with Gasteiger partial charge in [0, 0.05) is 11.3 Å². The van der Waals surface area contributed by atoms with Crippen molar-refractivity contribution in [3.8, 4) is 5.75 Å². The van der Waals surface area contributed by atoms with Crippen LogP contribution in [-0.2, 0) is 4.79 Å². The second kappa shape index (κ2) is 7.36. The fourth-order valence-electron chi connectivity index (χ4n) is 1.80. The second-order valence-corrected chi connectivity index (χ2v) is 4.73. The number of Topliss-reactive ketones (excluding diaryl/α,β-unsaturated/α-hetero) is 1. The molecule has 114 valence electrons. The number of hydrogen-bond donors (Lipinski definition) is 1. The van der Waals surface area contributed by atoms with Gasteiger partial charge in [0.2, 0.25) is 5.91 Å². The molecule has 0 heterocycles. The summed E-state index contributed by atoms with van der Waals surface area (Å²) in [5.74, 6) is -0.0395. The minimum Gasteiger partial charge on any atom is -0.493 e. The number of ketones is 1. The van der Waals surface area contributed by atoms with Gasteiger partial charge in [0.05, 0.1) is 13.0 Å². The van der Waals surface area contributed by atoms with Crippen LogP contribution >= 0.6 is 0 Å². The number of ether oxygens (including phenoxy) is 1. The molecule has 2 rings (SSSR count). The molecule has 0 bridgehead atoms. The molecule has 5 heteroatoms. The molecule has 1 amide bonds. The van der Waals surface area contributed by atoms with Crippen molar-refractivity contribution >= 4 is 17.4 Å². The van der Waals surface area contributed by atoms with Gasteiger partial charge in [0.15, 0.2) is 5.78 Å². The number of anilines is 1. The molecule has 0 spiro atoms. The quantitative estimate of drug-likeness (QED) is 0.832. The predicted molar refractivity (Wildman–Crippen MR) is 81.6 cm³/mol. The first-order valence-electron chi connectivity index (χ1n) is 6.84. The summed E-state index contributed by atoms with van der Waals surface area (Å²) >= 11 is 0. The van der Waals surface area contributed by atoms with Crippen LogP contribution in [0, 0.1) is 5.82 Å². The zero-order valence-corrected chi connectivity index (χ0v) is 12.1. The largest absolute Gasteiger partial charge is 0.493 e. The summed E-state index contributed by atoms with van der Waals surface area (Å²) in [6.45, 7) is 1.68. The molecule has 0 aliphatic rings. The van der Waals surface area contributed by atoms with Crippen LogP contribution in [0.15, 0.2) is 48.5 Å². The Labute approximate surface area is 127 Å². The van der Waals surface area contributed by atoms with Crippen LogP contribution in [0.5, 0.6) is 5.75 Å². The summed E-state index contributed by atoms with van der Waals surface area (Å²) in [4.78, 5) is 22.9. The lowest BCUT2D eigenvalue weighted by molar-refractivity contribution is -0.116. The minimum atomic E-state index is -0.334. The third-order valence-electron chi connectivity index (χ3n) is 2.99. The Morgan fingerprint density at radius 1 is 1.05 bits per heavy atom. The summed E-state index contributed by atoms with van der Waals surface area (Å²) < 4.78 is 18.1. The van der Waals surface area contributed by atoms with Gasteiger partial charge in [0.25, 0.3) is 0 Å². The Morgan fingerprint density at radius 3 is 2.27 bits per heavy atom.